The van der Waals surface area contributed by atoms with Gasteiger partial charge in [-0.2, -0.15) is 0 Å². The van der Waals surface area contributed by atoms with E-state index in [-0.39, 0.29) is 22.7 Å². The zero-order valence-electron chi connectivity index (χ0n) is 23.8. The van der Waals surface area contributed by atoms with Crippen LogP contribution in [0.5, 0.6) is 17.2 Å². The third-order valence-corrected chi connectivity index (χ3v) is 6.59. The third-order valence-electron chi connectivity index (χ3n) is 6.59. The number of rotatable bonds is 4. The predicted molar refractivity (Wildman–Crippen MR) is 143 cm³/mol. The molecular formula is C30H43NO5. The van der Waals surface area contributed by atoms with Gasteiger partial charge < -0.3 is 19.3 Å². The Bertz CT molecular complexity index is 1100. The van der Waals surface area contributed by atoms with Crippen LogP contribution >= 0.6 is 0 Å². The number of nitrogens with one attached hydrogen (secondary N) is 1. The summed E-state index contributed by atoms with van der Waals surface area (Å²) >= 11 is 0. The van der Waals surface area contributed by atoms with E-state index >= 15 is 0 Å². The molecule has 0 saturated heterocycles. The predicted octanol–water partition coefficient (Wildman–Crippen LogP) is 5.95. The summed E-state index contributed by atoms with van der Waals surface area (Å²) in [5.41, 5.74) is 3.42. The fourth-order valence-corrected chi connectivity index (χ4v) is 4.83. The summed E-state index contributed by atoms with van der Waals surface area (Å²) < 4.78 is 17.0. The van der Waals surface area contributed by atoms with Crippen molar-refractivity contribution >= 4 is 5.97 Å². The van der Waals surface area contributed by atoms with E-state index in [4.69, 9.17) is 14.2 Å². The van der Waals surface area contributed by atoms with Crippen LogP contribution in [0.4, 0.5) is 0 Å². The molecule has 6 heteroatoms. The molecule has 6 nitrogen and oxygen atoms in total. The monoisotopic (exact) mass is 497 g/mol. The van der Waals surface area contributed by atoms with Gasteiger partial charge >= 0.3 is 5.97 Å². The molecule has 2 atom stereocenters. The van der Waals surface area contributed by atoms with Gasteiger partial charge in [0.25, 0.3) is 0 Å². The van der Waals surface area contributed by atoms with E-state index in [1.807, 2.05) is 45.0 Å². The van der Waals surface area contributed by atoms with Crippen LogP contribution in [0.2, 0.25) is 0 Å². The number of phenols is 1. The topological polar surface area (TPSA) is 77.0 Å². The van der Waals surface area contributed by atoms with Crippen molar-refractivity contribution in [2.24, 2.45) is 0 Å². The van der Waals surface area contributed by atoms with Gasteiger partial charge in [0.15, 0.2) is 11.5 Å². The number of benzene rings is 2. The molecule has 0 aliphatic carbocycles. The average molecular weight is 498 g/mol. The number of fused-ring (bicyclic) bond motifs is 1. The number of ether oxygens (including phenoxy) is 3. The Morgan fingerprint density at radius 1 is 0.861 bits per heavy atom. The van der Waals surface area contributed by atoms with E-state index in [9.17, 15) is 9.90 Å². The van der Waals surface area contributed by atoms with Crippen LogP contribution in [0.1, 0.15) is 96.0 Å². The molecule has 2 aromatic rings. The molecule has 1 aliphatic rings. The van der Waals surface area contributed by atoms with Crippen LogP contribution in [0, 0.1) is 0 Å². The lowest BCUT2D eigenvalue weighted by molar-refractivity contribution is -0.158. The Morgan fingerprint density at radius 3 is 1.81 bits per heavy atom. The van der Waals surface area contributed by atoms with Crippen LogP contribution < -0.4 is 14.8 Å². The van der Waals surface area contributed by atoms with E-state index in [1.165, 1.54) is 0 Å². The minimum Gasteiger partial charge on any atom is -0.507 e. The van der Waals surface area contributed by atoms with Gasteiger partial charge in [0.1, 0.15) is 17.4 Å². The van der Waals surface area contributed by atoms with E-state index in [0.717, 1.165) is 27.8 Å². The van der Waals surface area contributed by atoms with E-state index in [0.29, 0.717) is 23.8 Å². The smallest absolute Gasteiger partial charge is 0.324 e. The second kappa shape index (κ2) is 9.62. The molecule has 1 aliphatic heterocycles. The maximum Gasteiger partial charge on any atom is 0.324 e. The summed E-state index contributed by atoms with van der Waals surface area (Å²) in [4.78, 5) is 13.5. The van der Waals surface area contributed by atoms with Gasteiger partial charge in [-0.25, -0.2) is 0 Å². The number of phenolic OH excluding ortho intramolecular Hbond substituents is 1. The molecule has 3 rings (SSSR count). The number of hydrogen-bond acceptors (Lipinski definition) is 6. The third kappa shape index (κ3) is 5.64. The van der Waals surface area contributed by atoms with Crippen molar-refractivity contribution in [3.05, 3.63) is 52.1 Å². The van der Waals surface area contributed by atoms with Crippen molar-refractivity contribution in [2.45, 2.75) is 97.2 Å². The number of hydrogen-bond donors (Lipinski definition) is 2. The van der Waals surface area contributed by atoms with Gasteiger partial charge in [0.05, 0.1) is 14.2 Å². The largest absolute Gasteiger partial charge is 0.507 e. The summed E-state index contributed by atoms with van der Waals surface area (Å²) in [6, 6.07) is 7.41. The molecule has 2 N–H and O–H groups in total. The summed E-state index contributed by atoms with van der Waals surface area (Å²) in [7, 11) is 3.23. The summed E-state index contributed by atoms with van der Waals surface area (Å²) in [5.74, 6) is 0.895. The normalized spacial score (nSPS) is 18.4. The van der Waals surface area contributed by atoms with E-state index < -0.39 is 11.6 Å². The van der Waals surface area contributed by atoms with Crippen LogP contribution in [0.3, 0.4) is 0 Å². The van der Waals surface area contributed by atoms with Crippen molar-refractivity contribution in [3.63, 3.8) is 0 Å². The average Bonchev–Trinajstić information content (AvgIpc) is 2.74. The van der Waals surface area contributed by atoms with Gasteiger partial charge in [-0.05, 0) is 71.6 Å². The van der Waals surface area contributed by atoms with Gasteiger partial charge in [-0.1, -0.05) is 53.7 Å². The lowest BCUT2D eigenvalue weighted by Gasteiger charge is -2.37. The first kappa shape index (κ1) is 27.9. The van der Waals surface area contributed by atoms with Gasteiger partial charge in [-0.15, -0.1) is 0 Å². The first-order valence-electron chi connectivity index (χ1n) is 12.6. The van der Waals surface area contributed by atoms with Gasteiger partial charge in [0.2, 0.25) is 0 Å². The molecule has 0 bridgehead atoms. The Balaban J connectivity index is 2.34. The summed E-state index contributed by atoms with van der Waals surface area (Å²) in [6.45, 7) is 18.6. The molecule has 198 valence electrons. The van der Waals surface area contributed by atoms with Crippen molar-refractivity contribution in [3.8, 4) is 17.2 Å². The SMILES string of the molecule is COc1cc2c(cc1OC)C(c1cc(C(C)(C)C)c(O)c(C(C)(C)C)c1)C(C(=O)OC(C)(C)C)NC2. The molecule has 0 fully saturated rings. The Kier molecular flexibility index (Phi) is 7.44. The first-order valence-corrected chi connectivity index (χ1v) is 12.6. The quantitative estimate of drug-likeness (QED) is 0.509. The van der Waals surface area contributed by atoms with Crippen molar-refractivity contribution in [1.29, 1.82) is 0 Å². The molecule has 0 saturated carbocycles. The number of methoxy groups -OCH3 is 2. The molecule has 2 aromatic carbocycles. The molecule has 2 unspecified atom stereocenters. The zero-order valence-corrected chi connectivity index (χ0v) is 23.8. The lowest BCUT2D eigenvalue weighted by Crippen LogP contribution is -2.48. The number of aromatic hydroxyl groups is 1. The molecule has 1 heterocycles. The van der Waals surface area contributed by atoms with Gasteiger partial charge in [0, 0.05) is 12.5 Å². The van der Waals surface area contributed by atoms with Crippen molar-refractivity contribution in [2.75, 3.05) is 14.2 Å². The van der Waals surface area contributed by atoms with Crippen LogP contribution in [0.15, 0.2) is 24.3 Å². The number of carbonyl (C=O) groups excluding carboxylic acids is 1. The van der Waals surface area contributed by atoms with E-state index in [1.54, 1.807) is 14.2 Å². The van der Waals surface area contributed by atoms with Crippen molar-refractivity contribution < 1.29 is 24.1 Å². The molecular weight excluding hydrogens is 454 g/mol. The maximum atomic E-state index is 13.5. The standard InChI is InChI=1S/C30H43NO5/c1-28(2,3)20-12-17(13-21(26(20)32)29(4,5)6)24-19-15-23(35-11)22(34-10)14-18(19)16-31-25(24)27(33)36-30(7,8)9/h12-15,24-25,31-32H,16H2,1-11H3. The number of carbonyl (C=O) groups is 1. The molecule has 0 amide bonds. The zero-order chi connectivity index (χ0) is 27.2. The summed E-state index contributed by atoms with van der Waals surface area (Å²) in [6.07, 6.45) is 0. The highest BCUT2D eigenvalue weighted by atomic mass is 16.6. The fourth-order valence-electron chi connectivity index (χ4n) is 4.83. The minimum absolute atomic E-state index is 0.302. The van der Waals surface area contributed by atoms with Crippen LogP contribution in [0.25, 0.3) is 0 Å². The van der Waals surface area contributed by atoms with E-state index in [2.05, 4.69) is 46.9 Å². The number of esters is 1. The highest BCUT2D eigenvalue weighted by Gasteiger charge is 2.40. The minimum atomic E-state index is -0.622. The fraction of sp³-hybridized carbons (Fsp3) is 0.567. The molecule has 0 spiro atoms. The summed E-state index contributed by atoms with van der Waals surface area (Å²) in [5, 5.41) is 14.7. The molecule has 36 heavy (non-hydrogen) atoms. The van der Waals surface area contributed by atoms with Crippen LogP contribution in [-0.2, 0) is 26.9 Å². The highest BCUT2D eigenvalue weighted by molar-refractivity contribution is 5.80. The molecule has 0 aromatic heterocycles. The first-order chi connectivity index (χ1) is 16.5. The lowest BCUT2D eigenvalue weighted by atomic mass is 9.73. The Morgan fingerprint density at radius 2 is 1.36 bits per heavy atom. The Labute approximate surface area is 216 Å². The maximum absolute atomic E-state index is 13.5. The van der Waals surface area contributed by atoms with Crippen LogP contribution in [-0.4, -0.2) is 36.9 Å². The second-order valence-electron chi connectivity index (χ2n) is 12.7. The molecule has 0 radical (unpaired) electrons. The Hall–Kier alpha value is -2.73. The highest BCUT2D eigenvalue weighted by Crippen LogP contribution is 2.46. The van der Waals surface area contributed by atoms with Crippen molar-refractivity contribution in [1.82, 2.24) is 5.32 Å². The van der Waals surface area contributed by atoms with Gasteiger partial charge in [-0.3, -0.25) is 10.1 Å². The second-order valence-corrected chi connectivity index (χ2v) is 12.7.